The summed E-state index contributed by atoms with van der Waals surface area (Å²) in [5.74, 6) is -0.401. The van der Waals surface area contributed by atoms with E-state index in [-0.39, 0.29) is 0 Å². The fraction of sp³-hybridized carbons (Fsp3) is 0.286. The van der Waals surface area contributed by atoms with Crippen molar-refractivity contribution in [1.29, 1.82) is 0 Å². The number of hydrogen-bond acceptors (Lipinski definition) is 7. The van der Waals surface area contributed by atoms with Gasteiger partial charge in [0.1, 0.15) is 0 Å². The highest BCUT2D eigenvalue weighted by Gasteiger charge is 2.23. The van der Waals surface area contributed by atoms with Gasteiger partial charge in [0.2, 0.25) is 0 Å². The van der Waals surface area contributed by atoms with Crippen molar-refractivity contribution in [1.82, 2.24) is 9.97 Å². The first kappa shape index (κ1) is 18.3. The van der Waals surface area contributed by atoms with Crippen molar-refractivity contribution in [3.05, 3.63) is 48.0 Å². The second-order valence-corrected chi connectivity index (χ2v) is 9.18. The summed E-state index contributed by atoms with van der Waals surface area (Å²) in [6.07, 6.45) is 2.09. The van der Waals surface area contributed by atoms with Crippen LogP contribution in [0.3, 0.4) is 0 Å². The van der Waals surface area contributed by atoms with Gasteiger partial charge in [0.25, 0.3) is 5.19 Å². The lowest BCUT2D eigenvalue weighted by Gasteiger charge is -2.31. The molecule has 0 unspecified atom stereocenters. The van der Waals surface area contributed by atoms with Crippen LogP contribution in [0.25, 0.3) is 20.4 Å². The first-order chi connectivity index (χ1) is 14.2. The molecule has 0 aliphatic carbocycles. The Labute approximate surface area is 175 Å². The van der Waals surface area contributed by atoms with Crippen molar-refractivity contribution in [2.75, 3.05) is 24.6 Å². The highest BCUT2D eigenvalue weighted by molar-refractivity contribution is 7.22. The quantitative estimate of drug-likeness (QED) is 0.490. The topological polar surface area (TPSA) is 75.5 Å². The van der Waals surface area contributed by atoms with Crippen LogP contribution in [-0.2, 0) is 0 Å². The van der Waals surface area contributed by atoms with E-state index in [1.165, 1.54) is 0 Å². The predicted octanol–water partition coefficient (Wildman–Crippen LogP) is 4.90. The molecule has 29 heavy (non-hydrogen) atoms. The molecule has 2 aromatic carbocycles. The molecule has 5 rings (SSSR count). The van der Waals surface area contributed by atoms with E-state index in [2.05, 4.69) is 16.0 Å². The number of thiazole rings is 2. The number of carboxylic acids is 1. The zero-order valence-corrected chi connectivity index (χ0v) is 17.2. The normalized spacial score (nSPS) is 15.2. The second kappa shape index (κ2) is 7.61. The third kappa shape index (κ3) is 3.77. The zero-order valence-electron chi connectivity index (χ0n) is 15.6. The van der Waals surface area contributed by atoms with E-state index in [0.717, 1.165) is 56.7 Å². The number of nitrogens with zero attached hydrogens (tertiary/aromatic N) is 3. The Hall–Kier alpha value is -2.71. The van der Waals surface area contributed by atoms with Crippen molar-refractivity contribution < 1.29 is 14.6 Å². The standard InChI is InChI=1S/C21H19N3O3S2/c25-19(26)14-5-6-16-18(11-14)28-20(22-16)24-9-7-13(8-10-24)12-27-21-23-15-3-1-2-4-17(15)29-21/h1-6,11,13H,7-10,12H2,(H,25,26). The Morgan fingerprint density at radius 2 is 1.86 bits per heavy atom. The molecule has 8 heteroatoms. The van der Waals surface area contributed by atoms with Gasteiger partial charge in [-0.2, -0.15) is 0 Å². The van der Waals surface area contributed by atoms with Crippen molar-refractivity contribution in [2.24, 2.45) is 5.92 Å². The molecule has 0 spiro atoms. The van der Waals surface area contributed by atoms with Gasteiger partial charge < -0.3 is 14.7 Å². The molecule has 1 N–H and O–H groups in total. The van der Waals surface area contributed by atoms with Crippen LogP contribution in [0.1, 0.15) is 23.2 Å². The molecule has 6 nitrogen and oxygen atoms in total. The SMILES string of the molecule is O=C(O)c1ccc2nc(N3CCC(COc4nc5ccccc5s4)CC3)sc2c1. The highest BCUT2D eigenvalue weighted by Crippen LogP contribution is 2.33. The summed E-state index contributed by atoms with van der Waals surface area (Å²) in [7, 11) is 0. The van der Waals surface area contributed by atoms with Gasteiger partial charge >= 0.3 is 5.97 Å². The number of fused-ring (bicyclic) bond motifs is 2. The van der Waals surface area contributed by atoms with Crippen molar-refractivity contribution >= 4 is 54.2 Å². The van der Waals surface area contributed by atoms with Crippen LogP contribution in [0.2, 0.25) is 0 Å². The van der Waals surface area contributed by atoms with Gasteiger partial charge in [0.15, 0.2) is 5.13 Å². The Kier molecular flexibility index (Phi) is 4.81. The monoisotopic (exact) mass is 425 g/mol. The molecule has 0 radical (unpaired) electrons. The van der Waals surface area contributed by atoms with Gasteiger partial charge in [-0.3, -0.25) is 0 Å². The molecule has 4 aromatic rings. The Morgan fingerprint density at radius 1 is 1.07 bits per heavy atom. The second-order valence-electron chi connectivity index (χ2n) is 7.17. The first-order valence-electron chi connectivity index (χ1n) is 9.53. The van der Waals surface area contributed by atoms with Crippen LogP contribution in [-0.4, -0.2) is 40.7 Å². The summed E-state index contributed by atoms with van der Waals surface area (Å²) < 4.78 is 8.05. The lowest BCUT2D eigenvalue weighted by atomic mass is 9.98. The van der Waals surface area contributed by atoms with Crippen molar-refractivity contribution in [2.45, 2.75) is 12.8 Å². The van der Waals surface area contributed by atoms with Crippen LogP contribution < -0.4 is 9.64 Å². The number of benzene rings is 2. The lowest BCUT2D eigenvalue weighted by Crippen LogP contribution is -2.35. The molecule has 3 heterocycles. The molecule has 0 saturated carbocycles. The maximum absolute atomic E-state index is 11.2. The van der Waals surface area contributed by atoms with Crippen LogP contribution in [0.5, 0.6) is 5.19 Å². The minimum absolute atomic E-state index is 0.304. The summed E-state index contributed by atoms with van der Waals surface area (Å²) in [5.41, 5.74) is 2.15. The van der Waals surface area contributed by atoms with E-state index in [4.69, 9.17) is 14.8 Å². The Balaban J connectivity index is 1.20. The summed E-state index contributed by atoms with van der Waals surface area (Å²) >= 11 is 3.16. The van der Waals surface area contributed by atoms with E-state index in [9.17, 15) is 4.79 Å². The van der Waals surface area contributed by atoms with Crippen LogP contribution in [0.4, 0.5) is 5.13 Å². The summed E-state index contributed by atoms with van der Waals surface area (Å²) in [6.45, 7) is 2.55. The summed E-state index contributed by atoms with van der Waals surface area (Å²) in [4.78, 5) is 22.7. The number of carbonyl (C=O) groups is 1. The van der Waals surface area contributed by atoms with Crippen molar-refractivity contribution in [3.63, 3.8) is 0 Å². The summed E-state index contributed by atoms with van der Waals surface area (Å²) in [6, 6.07) is 13.2. The molecule has 148 valence electrons. The van der Waals surface area contributed by atoms with Gasteiger partial charge in [-0.05, 0) is 49.1 Å². The molecule has 0 amide bonds. The minimum Gasteiger partial charge on any atom is -0.478 e. The number of rotatable bonds is 5. The third-order valence-corrected chi connectivity index (χ3v) is 7.25. The number of piperidine rings is 1. The Morgan fingerprint density at radius 3 is 2.66 bits per heavy atom. The number of ether oxygens (including phenoxy) is 1. The third-order valence-electron chi connectivity index (χ3n) is 5.23. The molecule has 1 aliphatic rings. The Bertz CT molecular complexity index is 1150. The number of anilines is 1. The number of aromatic carboxylic acids is 1. The molecule has 2 aromatic heterocycles. The highest BCUT2D eigenvalue weighted by atomic mass is 32.1. The fourth-order valence-electron chi connectivity index (χ4n) is 3.57. The van der Waals surface area contributed by atoms with Crippen molar-refractivity contribution in [3.8, 4) is 5.19 Å². The fourth-order valence-corrected chi connectivity index (χ4v) is 5.45. The van der Waals surface area contributed by atoms with Crippen LogP contribution >= 0.6 is 22.7 Å². The minimum atomic E-state index is -0.907. The van der Waals surface area contributed by atoms with Crippen LogP contribution in [0, 0.1) is 5.92 Å². The molecule has 1 aliphatic heterocycles. The first-order valence-corrected chi connectivity index (χ1v) is 11.2. The molecule has 0 atom stereocenters. The van der Waals surface area contributed by atoms with E-state index < -0.39 is 5.97 Å². The molecular weight excluding hydrogens is 406 g/mol. The van der Waals surface area contributed by atoms with Gasteiger partial charge in [-0.25, -0.2) is 14.8 Å². The lowest BCUT2D eigenvalue weighted by molar-refractivity contribution is 0.0697. The molecule has 0 bridgehead atoms. The van der Waals surface area contributed by atoms with Gasteiger partial charge in [0.05, 0.1) is 32.6 Å². The largest absolute Gasteiger partial charge is 0.478 e. The number of para-hydroxylation sites is 1. The molecular formula is C21H19N3O3S2. The van der Waals surface area contributed by atoms with E-state index in [0.29, 0.717) is 18.1 Å². The van der Waals surface area contributed by atoms with Gasteiger partial charge in [0, 0.05) is 13.1 Å². The average molecular weight is 426 g/mol. The molecule has 1 fully saturated rings. The maximum Gasteiger partial charge on any atom is 0.335 e. The smallest absolute Gasteiger partial charge is 0.335 e. The van der Waals surface area contributed by atoms with E-state index in [1.54, 1.807) is 40.9 Å². The van der Waals surface area contributed by atoms with E-state index in [1.807, 2.05) is 18.2 Å². The number of hydrogen-bond donors (Lipinski definition) is 1. The molecule has 1 saturated heterocycles. The maximum atomic E-state index is 11.2. The zero-order chi connectivity index (χ0) is 19.8. The van der Waals surface area contributed by atoms with Crippen LogP contribution in [0.15, 0.2) is 42.5 Å². The van der Waals surface area contributed by atoms with Gasteiger partial charge in [-0.1, -0.05) is 34.8 Å². The number of carboxylic acid groups (broad SMARTS) is 1. The number of aromatic nitrogens is 2. The predicted molar refractivity (Wildman–Crippen MR) is 117 cm³/mol. The van der Waals surface area contributed by atoms with Gasteiger partial charge in [-0.15, -0.1) is 0 Å². The summed E-state index contributed by atoms with van der Waals surface area (Å²) in [5, 5.41) is 10.9. The average Bonchev–Trinajstić information content (AvgIpc) is 3.35. The van der Waals surface area contributed by atoms with E-state index >= 15 is 0 Å².